The minimum atomic E-state index is -4.77. The molecular formula is C65H68Br2F3N17O5. The molecule has 0 bridgehead atoms. The smallest absolute Gasteiger partial charge is 0.430 e. The highest BCUT2D eigenvalue weighted by Gasteiger charge is 2.57. The number of piperidine rings is 1. The van der Waals surface area contributed by atoms with Gasteiger partial charge in [0.1, 0.15) is 17.2 Å². The number of pyridine rings is 3. The number of aromatic nitrogens is 9. The quantitative estimate of drug-likeness (QED) is 0.0825. The molecule has 27 heteroatoms. The monoisotopic (exact) mass is 1380 g/mol. The Bertz CT molecular complexity index is 4180. The molecule has 0 N–H and O–H groups in total. The number of carbonyl (C=O) groups excluding carboxylic acids is 2. The van der Waals surface area contributed by atoms with Crippen LogP contribution in [-0.2, 0) is 15.8 Å². The molecular weight excluding hydrogens is 1320 g/mol. The molecule has 6 aromatic heterocycles. The van der Waals surface area contributed by atoms with Gasteiger partial charge in [-0.2, -0.15) is 28.1 Å². The molecule has 9 heterocycles. The molecule has 478 valence electrons. The van der Waals surface area contributed by atoms with Crippen molar-refractivity contribution in [2.75, 3.05) is 125 Å². The van der Waals surface area contributed by atoms with Crippen molar-refractivity contribution in [3.63, 3.8) is 0 Å². The van der Waals surface area contributed by atoms with E-state index in [2.05, 4.69) is 89.5 Å². The second-order valence-electron chi connectivity index (χ2n) is 23.5. The first-order valence-electron chi connectivity index (χ1n) is 30.2. The van der Waals surface area contributed by atoms with Gasteiger partial charge in [-0.1, -0.05) is 31.9 Å². The van der Waals surface area contributed by atoms with Gasteiger partial charge in [0.2, 0.25) is 17.8 Å². The number of anilines is 6. The van der Waals surface area contributed by atoms with Crippen LogP contribution in [-0.4, -0.2) is 184 Å². The number of hydrogen-bond acceptors (Lipinski definition) is 20. The Kier molecular flexibility index (Phi) is 18.4. The topological polar surface area (TPSA) is 204 Å². The first-order valence-corrected chi connectivity index (χ1v) is 31.8. The number of amides is 2. The Labute approximate surface area is 546 Å². The Morgan fingerprint density at radius 2 is 0.957 bits per heavy atom. The first-order chi connectivity index (χ1) is 44.2. The molecule has 0 saturated carbocycles. The van der Waals surface area contributed by atoms with Crippen LogP contribution in [0.3, 0.4) is 0 Å². The van der Waals surface area contributed by atoms with Crippen molar-refractivity contribution in [3.8, 4) is 17.2 Å². The number of fused-ring (bicyclic) bond motifs is 3. The second-order valence-corrected chi connectivity index (χ2v) is 25.3. The third-order valence-electron chi connectivity index (χ3n) is 16.9. The summed E-state index contributed by atoms with van der Waals surface area (Å²) in [5.41, 5.74) is 1.61. The van der Waals surface area contributed by atoms with E-state index >= 15 is 9.59 Å². The molecule has 0 radical (unpaired) electrons. The minimum Gasteiger partial charge on any atom is -0.484 e. The van der Waals surface area contributed by atoms with Crippen LogP contribution in [0.25, 0.3) is 33.1 Å². The number of piperazine rings is 1. The van der Waals surface area contributed by atoms with E-state index < -0.39 is 36.1 Å². The molecule has 3 saturated heterocycles. The van der Waals surface area contributed by atoms with Crippen LogP contribution >= 0.6 is 31.9 Å². The summed E-state index contributed by atoms with van der Waals surface area (Å²) in [5, 5.41) is 1.33. The molecule has 3 aromatic carbocycles. The van der Waals surface area contributed by atoms with E-state index in [1.54, 1.807) is 73.7 Å². The third-order valence-corrected chi connectivity index (χ3v) is 17.9. The fraction of sp³-hybridized carbons (Fsp3) is 0.369. The molecule has 9 aromatic rings. The van der Waals surface area contributed by atoms with Gasteiger partial charge in [0, 0.05) is 90.0 Å². The highest BCUT2D eigenvalue weighted by molar-refractivity contribution is 9.10. The van der Waals surface area contributed by atoms with E-state index in [0.29, 0.717) is 99.1 Å². The average Bonchev–Trinajstić information content (AvgIpc) is 0.751. The fourth-order valence-electron chi connectivity index (χ4n) is 11.6. The zero-order valence-corrected chi connectivity index (χ0v) is 55.1. The number of rotatable bonds is 16. The molecule has 0 spiro atoms. The number of benzene rings is 3. The lowest BCUT2D eigenvalue weighted by molar-refractivity contribution is -0.167. The summed E-state index contributed by atoms with van der Waals surface area (Å²) in [6.45, 7) is 12.2. The molecule has 92 heavy (non-hydrogen) atoms. The summed E-state index contributed by atoms with van der Waals surface area (Å²) in [6.07, 6.45) is 2.21. The zero-order chi connectivity index (χ0) is 64.6. The van der Waals surface area contributed by atoms with Crippen LogP contribution in [0.2, 0.25) is 0 Å². The summed E-state index contributed by atoms with van der Waals surface area (Å²) in [4.78, 5) is 93.7. The van der Waals surface area contributed by atoms with Crippen LogP contribution in [0, 0.1) is 20.8 Å². The first kappa shape index (κ1) is 63.6. The van der Waals surface area contributed by atoms with Gasteiger partial charge in [0.05, 0.1) is 58.3 Å². The molecule has 3 aliphatic rings. The van der Waals surface area contributed by atoms with Gasteiger partial charge in [-0.05, 0) is 166 Å². The van der Waals surface area contributed by atoms with Crippen molar-refractivity contribution < 1.29 is 37.0 Å². The molecule has 1 atom stereocenters. The van der Waals surface area contributed by atoms with E-state index in [-0.39, 0.29) is 40.0 Å². The highest BCUT2D eigenvalue weighted by atomic mass is 79.9. The summed E-state index contributed by atoms with van der Waals surface area (Å²) in [5.74, 6) is -3.82. The lowest BCUT2D eigenvalue weighted by Crippen LogP contribution is -2.69. The Balaban J connectivity index is 1.09. The van der Waals surface area contributed by atoms with Crippen molar-refractivity contribution in [2.24, 2.45) is 0 Å². The number of likely N-dealkylation sites (N-methyl/N-ethyl adjacent to an activating group) is 2. The van der Waals surface area contributed by atoms with Crippen LogP contribution in [0.5, 0.6) is 17.2 Å². The molecule has 3 aliphatic heterocycles. The highest BCUT2D eigenvalue weighted by Crippen LogP contribution is 2.41. The zero-order valence-electron chi connectivity index (χ0n) is 51.9. The minimum absolute atomic E-state index is 0.0265. The molecule has 0 aliphatic carbocycles. The second kappa shape index (κ2) is 26.6. The third kappa shape index (κ3) is 13.7. The van der Waals surface area contributed by atoms with Crippen LogP contribution < -0.4 is 38.7 Å². The average molecular weight is 1380 g/mol. The van der Waals surface area contributed by atoms with E-state index in [1.807, 2.05) is 13.8 Å². The van der Waals surface area contributed by atoms with Crippen LogP contribution in [0.15, 0.2) is 119 Å². The SMILES string of the molecule is Cc1nc(N2CCC(N(C)C)CC2)nc2ncc(N(C(=O)C(Oc3ccc(Br)cc3)(Oc3ccc(C(F)(F)F)cc3)N(C(=O)COc3ccc(Br)cc3)c3cnc4nc(N5CCCN(C)CC5)nc(C)c4c3)c3cnc4nc(N5CCN(C)CC5)nc(C)c4c3)cc12. The van der Waals surface area contributed by atoms with Crippen molar-refractivity contribution in [2.45, 2.75) is 58.2 Å². The van der Waals surface area contributed by atoms with Crippen molar-refractivity contribution in [1.29, 1.82) is 0 Å². The maximum absolute atomic E-state index is 17.6. The van der Waals surface area contributed by atoms with E-state index in [0.717, 1.165) is 92.2 Å². The normalized spacial score (nSPS) is 16.2. The molecule has 3 fully saturated rings. The molecule has 2 amide bonds. The predicted octanol–water partition coefficient (Wildman–Crippen LogP) is 10.2. The Hall–Kier alpha value is -8.50. The van der Waals surface area contributed by atoms with Crippen molar-refractivity contribution in [1.82, 2.24) is 59.6 Å². The van der Waals surface area contributed by atoms with Gasteiger partial charge in [0.15, 0.2) is 23.5 Å². The number of alkyl halides is 3. The number of halogens is 5. The van der Waals surface area contributed by atoms with Crippen molar-refractivity contribution in [3.05, 3.63) is 141 Å². The molecule has 22 nitrogen and oxygen atoms in total. The van der Waals surface area contributed by atoms with Crippen molar-refractivity contribution >= 4 is 112 Å². The van der Waals surface area contributed by atoms with E-state index in [9.17, 15) is 13.2 Å². The van der Waals surface area contributed by atoms with E-state index in [4.69, 9.17) is 59.1 Å². The maximum Gasteiger partial charge on any atom is 0.430 e. The molecule has 12 rings (SSSR count). The standard InChI is InChI=1S/C65H68Br2F3N17O5/c1-40-53-33-47(36-71-57(53)78-62(75-40)84-25-21-46(22-26-84)80(4)5)86(48-34-54-41(2)76-63(79-58(54)72-37-48)85-31-28-82(7)29-32-85)60(89)65(92-52-19-13-45(67)14-20-52,91-51-15-9-43(10-16-51)64(68,69)70)87(56(88)39-90-50-17-11-44(66)12-18-50)49-35-55-42(3)74-61(77-59(55)73-38-49)83-24-8-23-81(6)27-30-83/h9-20,33-38,46H,8,21-32,39H2,1-7H3. The maximum atomic E-state index is 17.6. The largest absolute Gasteiger partial charge is 0.484 e. The van der Waals surface area contributed by atoms with Gasteiger partial charge in [-0.25, -0.2) is 34.8 Å². The number of aryl methyl sites for hydroxylation is 3. The number of hydrogen-bond donors (Lipinski definition) is 0. The lowest BCUT2D eigenvalue weighted by Gasteiger charge is -2.43. The molecule has 1 unspecified atom stereocenters. The number of carbonyl (C=O) groups is 2. The summed E-state index contributed by atoms with van der Waals surface area (Å²) < 4.78 is 65.4. The summed E-state index contributed by atoms with van der Waals surface area (Å²) >= 11 is 7.00. The van der Waals surface area contributed by atoms with Gasteiger partial charge in [0.25, 0.3) is 5.91 Å². The Morgan fingerprint density at radius 3 is 1.42 bits per heavy atom. The lowest BCUT2D eigenvalue weighted by atomic mass is 10.0. The predicted molar refractivity (Wildman–Crippen MR) is 353 cm³/mol. The summed E-state index contributed by atoms with van der Waals surface area (Å²) in [6, 6.07) is 22.3. The van der Waals surface area contributed by atoms with Gasteiger partial charge in [-0.3, -0.25) is 14.5 Å². The summed E-state index contributed by atoms with van der Waals surface area (Å²) in [7, 11) is 8.29. The fourth-order valence-corrected chi connectivity index (χ4v) is 12.1. The van der Waals surface area contributed by atoms with E-state index in [1.165, 1.54) is 23.5 Å². The van der Waals surface area contributed by atoms with Crippen LogP contribution in [0.4, 0.5) is 48.1 Å². The number of ether oxygens (including phenoxy) is 3. The van der Waals surface area contributed by atoms with Gasteiger partial charge < -0.3 is 43.6 Å². The van der Waals surface area contributed by atoms with Crippen LogP contribution in [0.1, 0.15) is 41.9 Å². The van der Waals surface area contributed by atoms with Gasteiger partial charge in [-0.15, -0.1) is 0 Å². The Morgan fingerprint density at radius 1 is 0.543 bits per heavy atom. The van der Waals surface area contributed by atoms with Gasteiger partial charge >= 0.3 is 18.0 Å². The number of nitrogens with zero attached hydrogens (tertiary/aromatic N) is 17.